The molecular formula is C16H25N5O. The lowest BCUT2D eigenvalue weighted by molar-refractivity contribution is -0.134. The van der Waals surface area contributed by atoms with Gasteiger partial charge in [0.1, 0.15) is 5.54 Å². The SMILES string of the molecule is Cc1cnn(CC2CCCN2CC(=O)N(C)C(C)(C)C#N)c1. The van der Waals surface area contributed by atoms with Crippen LogP contribution >= 0.6 is 0 Å². The highest BCUT2D eigenvalue weighted by Crippen LogP contribution is 2.20. The minimum atomic E-state index is -0.772. The summed E-state index contributed by atoms with van der Waals surface area (Å²) in [4.78, 5) is 16.2. The molecule has 0 saturated carbocycles. The summed E-state index contributed by atoms with van der Waals surface area (Å²) in [6, 6.07) is 2.51. The first kappa shape index (κ1) is 16.5. The predicted octanol–water partition coefficient (Wildman–Crippen LogP) is 1.42. The molecule has 0 bridgehead atoms. The first-order valence-electron chi connectivity index (χ1n) is 7.74. The number of hydrogen-bond acceptors (Lipinski definition) is 4. The van der Waals surface area contributed by atoms with Gasteiger partial charge in [-0.25, -0.2) is 0 Å². The number of rotatable bonds is 5. The van der Waals surface area contributed by atoms with Crippen LogP contribution in [0.4, 0.5) is 0 Å². The molecule has 6 nitrogen and oxygen atoms in total. The molecule has 1 aromatic rings. The molecule has 1 fully saturated rings. The summed E-state index contributed by atoms with van der Waals surface area (Å²) in [5.41, 5.74) is 0.377. The van der Waals surface area contributed by atoms with Gasteiger partial charge in [0.25, 0.3) is 0 Å². The highest BCUT2D eigenvalue weighted by Gasteiger charge is 2.32. The third kappa shape index (κ3) is 3.66. The molecule has 22 heavy (non-hydrogen) atoms. The molecular weight excluding hydrogens is 278 g/mol. The number of nitriles is 1. The van der Waals surface area contributed by atoms with E-state index in [2.05, 4.69) is 16.1 Å². The zero-order chi connectivity index (χ0) is 16.3. The first-order valence-corrected chi connectivity index (χ1v) is 7.74. The van der Waals surface area contributed by atoms with Gasteiger partial charge in [0.15, 0.2) is 0 Å². The average Bonchev–Trinajstić information content (AvgIpc) is 3.08. The van der Waals surface area contributed by atoms with E-state index in [1.165, 1.54) is 0 Å². The Morgan fingerprint density at radius 3 is 2.91 bits per heavy atom. The molecule has 1 amide bonds. The summed E-state index contributed by atoms with van der Waals surface area (Å²) in [5, 5.41) is 13.5. The van der Waals surface area contributed by atoms with Crippen molar-refractivity contribution in [3.8, 4) is 6.07 Å². The van der Waals surface area contributed by atoms with Gasteiger partial charge in [-0.1, -0.05) is 0 Å². The Bertz CT molecular complexity index is 571. The molecule has 0 aromatic carbocycles. The van der Waals surface area contributed by atoms with Gasteiger partial charge in [0.2, 0.25) is 5.91 Å². The number of aryl methyl sites for hydroxylation is 1. The molecule has 1 aliphatic rings. The van der Waals surface area contributed by atoms with Crippen LogP contribution in [0, 0.1) is 18.3 Å². The summed E-state index contributed by atoms with van der Waals surface area (Å²) >= 11 is 0. The van der Waals surface area contributed by atoms with Crippen molar-refractivity contribution in [2.45, 2.75) is 51.7 Å². The topological polar surface area (TPSA) is 65.2 Å². The summed E-state index contributed by atoms with van der Waals surface area (Å²) in [5.74, 6) is -0.00454. The maximum atomic E-state index is 12.4. The molecule has 0 radical (unpaired) electrons. The van der Waals surface area contributed by atoms with Gasteiger partial charge in [0.05, 0.1) is 25.4 Å². The lowest BCUT2D eigenvalue weighted by atomic mass is 10.1. The van der Waals surface area contributed by atoms with Crippen LogP contribution in [-0.4, -0.2) is 57.2 Å². The van der Waals surface area contributed by atoms with Crippen molar-refractivity contribution in [2.75, 3.05) is 20.1 Å². The molecule has 0 N–H and O–H groups in total. The summed E-state index contributed by atoms with van der Waals surface area (Å²) < 4.78 is 1.95. The van der Waals surface area contributed by atoms with E-state index in [0.29, 0.717) is 12.6 Å². The third-order valence-corrected chi connectivity index (χ3v) is 4.48. The largest absolute Gasteiger partial charge is 0.326 e. The summed E-state index contributed by atoms with van der Waals surface area (Å²) in [6.45, 7) is 7.66. The molecule has 120 valence electrons. The van der Waals surface area contributed by atoms with E-state index < -0.39 is 5.54 Å². The number of likely N-dealkylation sites (N-methyl/N-ethyl adjacent to an activating group) is 1. The standard InChI is InChI=1S/C16H25N5O/c1-13-8-18-21(9-13)10-14-6-5-7-20(14)11-15(22)19(4)16(2,3)12-17/h8-9,14H,5-7,10-11H2,1-4H3. The van der Waals surface area contributed by atoms with Gasteiger partial charge in [-0.3, -0.25) is 14.4 Å². The highest BCUT2D eigenvalue weighted by atomic mass is 16.2. The minimum absolute atomic E-state index is 0.00454. The van der Waals surface area contributed by atoms with Crippen molar-refractivity contribution in [3.05, 3.63) is 18.0 Å². The van der Waals surface area contributed by atoms with Crippen molar-refractivity contribution in [3.63, 3.8) is 0 Å². The second-order valence-electron chi connectivity index (χ2n) is 6.63. The van der Waals surface area contributed by atoms with E-state index in [1.54, 1.807) is 25.8 Å². The number of nitrogens with zero attached hydrogens (tertiary/aromatic N) is 5. The van der Waals surface area contributed by atoms with Gasteiger partial charge >= 0.3 is 0 Å². The Labute approximate surface area is 132 Å². The minimum Gasteiger partial charge on any atom is -0.326 e. The lowest BCUT2D eigenvalue weighted by Gasteiger charge is -2.32. The van der Waals surface area contributed by atoms with Crippen LogP contribution in [0.25, 0.3) is 0 Å². The maximum Gasteiger partial charge on any atom is 0.237 e. The van der Waals surface area contributed by atoms with Gasteiger partial charge in [-0.15, -0.1) is 0 Å². The summed E-state index contributed by atoms with van der Waals surface area (Å²) in [6.07, 6.45) is 6.07. The zero-order valence-corrected chi connectivity index (χ0v) is 13.9. The fraction of sp³-hybridized carbons (Fsp3) is 0.688. The molecule has 0 aliphatic carbocycles. The fourth-order valence-electron chi connectivity index (χ4n) is 2.76. The number of carbonyl (C=O) groups excluding carboxylic acids is 1. The van der Waals surface area contributed by atoms with E-state index in [9.17, 15) is 4.79 Å². The lowest BCUT2D eigenvalue weighted by Crippen LogP contribution is -2.49. The van der Waals surface area contributed by atoms with Gasteiger partial charge < -0.3 is 4.90 Å². The molecule has 1 saturated heterocycles. The van der Waals surface area contributed by atoms with Crippen LogP contribution in [0.15, 0.2) is 12.4 Å². The molecule has 6 heteroatoms. The second-order valence-corrected chi connectivity index (χ2v) is 6.63. The van der Waals surface area contributed by atoms with Crippen LogP contribution in [0.3, 0.4) is 0 Å². The van der Waals surface area contributed by atoms with Crippen molar-refractivity contribution in [1.29, 1.82) is 5.26 Å². The number of carbonyl (C=O) groups is 1. The van der Waals surface area contributed by atoms with E-state index >= 15 is 0 Å². The number of hydrogen-bond donors (Lipinski definition) is 0. The molecule has 0 spiro atoms. The first-order chi connectivity index (χ1) is 10.3. The monoisotopic (exact) mass is 303 g/mol. The second kappa shape index (κ2) is 6.49. The Hall–Kier alpha value is -1.87. The number of likely N-dealkylation sites (tertiary alicyclic amines) is 1. The molecule has 1 unspecified atom stereocenters. The molecule has 1 atom stereocenters. The predicted molar refractivity (Wildman–Crippen MR) is 84.0 cm³/mol. The smallest absolute Gasteiger partial charge is 0.237 e. The Morgan fingerprint density at radius 1 is 1.59 bits per heavy atom. The van der Waals surface area contributed by atoms with E-state index in [0.717, 1.165) is 31.5 Å². The fourth-order valence-corrected chi connectivity index (χ4v) is 2.76. The number of aromatic nitrogens is 2. The van der Waals surface area contributed by atoms with Crippen LogP contribution in [0.5, 0.6) is 0 Å². The summed E-state index contributed by atoms with van der Waals surface area (Å²) in [7, 11) is 1.70. The van der Waals surface area contributed by atoms with Crippen LogP contribution in [-0.2, 0) is 11.3 Å². The Morgan fingerprint density at radius 2 is 2.32 bits per heavy atom. The van der Waals surface area contributed by atoms with Crippen molar-refractivity contribution >= 4 is 5.91 Å². The van der Waals surface area contributed by atoms with Gasteiger partial charge in [-0.2, -0.15) is 10.4 Å². The van der Waals surface area contributed by atoms with E-state index in [1.807, 2.05) is 24.0 Å². The van der Waals surface area contributed by atoms with Crippen molar-refractivity contribution in [2.24, 2.45) is 0 Å². The molecule has 2 rings (SSSR count). The van der Waals surface area contributed by atoms with Crippen molar-refractivity contribution in [1.82, 2.24) is 19.6 Å². The van der Waals surface area contributed by atoms with Crippen molar-refractivity contribution < 1.29 is 4.79 Å². The normalized spacial score (nSPS) is 19.1. The molecule has 1 aliphatic heterocycles. The maximum absolute atomic E-state index is 12.4. The number of amides is 1. The quantitative estimate of drug-likeness (QED) is 0.825. The van der Waals surface area contributed by atoms with Crippen LogP contribution in [0.1, 0.15) is 32.3 Å². The van der Waals surface area contributed by atoms with E-state index in [-0.39, 0.29) is 5.91 Å². The zero-order valence-electron chi connectivity index (χ0n) is 13.9. The molecule has 1 aromatic heterocycles. The Balaban J connectivity index is 1.96. The molecule has 2 heterocycles. The third-order valence-electron chi connectivity index (χ3n) is 4.48. The average molecular weight is 303 g/mol. The van der Waals surface area contributed by atoms with Gasteiger partial charge in [-0.05, 0) is 45.7 Å². The Kier molecular flexibility index (Phi) is 4.87. The van der Waals surface area contributed by atoms with Crippen LogP contribution < -0.4 is 0 Å². The highest BCUT2D eigenvalue weighted by molar-refractivity contribution is 5.79. The van der Waals surface area contributed by atoms with Crippen LogP contribution in [0.2, 0.25) is 0 Å². The van der Waals surface area contributed by atoms with E-state index in [4.69, 9.17) is 5.26 Å². The van der Waals surface area contributed by atoms with Gasteiger partial charge in [0, 0.05) is 19.3 Å².